The van der Waals surface area contributed by atoms with Gasteiger partial charge in [0.05, 0.1) is 66.9 Å². The van der Waals surface area contributed by atoms with Crippen LogP contribution in [0.4, 0.5) is 0 Å². The molecule has 0 bridgehead atoms. The van der Waals surface area contributed by atoms with Crippen LogP contribution in [0, 0.1) is 69.5 Å². The van der Waals surface area contributed by atoms with E-state index in [0.717, 1.165) is 11.1 Å². The zero-order chi connectivity index (χ0) is 49.8. The molecular formula is C49H52Co2O15S. The standard InChI is InChI=1S/C43H52O9S.6CO.2Co/c1-5-15-39-41(49-28-34-18-11-7-12-19-34)25-42-43(52-39)35(29-53(46,47)37-20-13-8-14-21-37)22-23-38(51-42)30(2)31(3)40(50-32(4)45)24-36(26-44)48-27-33-16-9-6-10-17-33;6*1-2;;/h5-14,16-21,30-31,35-36,38-44H,1,15,24-29H2,2-4H3;;;;;;;;/t30-,31-,35?,36-,38-,39-,40?,41+,42-,43+;;;;;;;;/m0......../s1. The summed E-state index contributed by atoms with van der Waals surface area (Å²) in [5.74, 6) is 4.64. The fourth-order valence-corrected chi connectivity index (χ4v) is 8.50. The first kappa shape index (κ1) is 69.2. The van der Waals surface area contributed by atoms with Gasteiger partial charge in [0.1, 0.15) is 12.2 Å². The predicted molar refractivity (Wildman–Crippen MR) is 226 cm³/mol. The van der Waals surface area contributed by atoms with Crippen LogP contribution in [-0.4, -0.2) is 74.6 Å². The topological polar surface area (TPSA) is 237 Å². The summed E-state index contributed by atoms with van der Waals surface area (Å²) < 4.78 is 104. The maximum Gasteiger partial charge on any atom is 0 e. The molecule has 1 fully saturated rings. The molecule has 5 rings (SSSR count). The predicted octanol–water partition coefficient (Wildman–Crippen LogP) is 6.11. The van der Waals surface area contributed by atoms with Crippen molar-refractivity contribution in [1.82, 2.24) is 0 Å². The largest absolute Gasteiger partial charge is 0 e. The van der Waals surface area contributed by atoms with E-state index in [2.05, 4.69) is 58.3 Å². The Labute approximate surface area is 414 Å². The Morgan fingerprint density at radius 3 is 1.78 bits per heavy atom. The van der Waals surface area contributed by atoms with Gasteiger partial charge in [0.25, 0.3) is 0 Å². The van der Waals surface area contributed by atoms with Gasteiger partial charge < -0.3 is 28.8 Å². The fourth-order valence-electron chi connectivity index (χ4n) is 6.99. The van der Waals surface area contributed by atoms with Crippen molar-refractivity contribution in [1.29, 1.82) is 0 Å². The minimum Gasteiger partial charge on any atom is 0 e. The third kappa shape index (κ3) is 24.5. The van der Waals surface area contributed by atoms with Gasteiger partial charge in [-0.2, -0.15) is 0 Å². The van der Waals surface area contributed by atoms with Crippen LogP contribution < -0.4 is 0 Å². The summed E-state index contributed by atoms with van der Waals surface area (Å²) in [4.78, 5) is 12.6. The molecule has 2 radical (unpaired) electrons. The number of carbonyl (C=O) groups excluding carboxylic acids is 1. The molecule has 2 aliphatic heterocycles. The van der Waals surface area contributed by atoms with E-state index >= 15 is 0 Å². The molecule has 3 aromatic carbocycles. The SMILES string of the molecule is C=CC[C@@H]1O[C@@H]2C(CS(=O)(=O)c3ccccc3)C#C[C@@H]([C@@H](C)[C@H](C)C(C[C@@H](CO)OCc3ccccc3)OC(C)=O)O[C@H]2C[C@H]1OCc1ccccc1.[C-]#[O+].[C-]#[O+].[C-]#[O+].[C-]#[O+].[C-]#[O+].[C-]#[O+].[Co].[Co]. The molecule has 18 heteroatoms. The molecule has 2 heterocycles. The minimum absolute atomic E-state index is 0. The molecule has 0 saturated carbocycles. The average molecular weight is 1030 g/mol. The third-order valence-corrected chi connectivity index (χ3v) is 11.9. The first-order chi connectivity index (χ1) is 31.6. The van der Waals surface area contributed by atoms with E-state index in [1.54, 1.807) is 36.4 Å². The molecule has 0 spiro atoms. The van der Waals surface area contributed by atoms with Gasteiger partial charge in [-0.1, -0.05) is 111 Å². The number of benzene rings is 3. The molecule has 1 saturated heterocycles. The van der Waals surface area contributed by atoms with E-state index in [0.29, 0.717) is 26.1 Å². The molecule has 3 aromatic rings. The van der Waals surface area contributed by atoms with Crippen LogP contribution in [0.3, 0.4) is 0 Å². The molecule has 0 amide bonds. The summed E-state index contributed by atoms with van der Waals surface area (Å²) in [5, 5.41) is 10.2. The summed E-state index contributed by atoms with van der Waals surface area (Å²) in [5.41, 5.74) is 1.99. The van der Waals surface area contributed by atoms with Crippen molar-refractivity contribution in [2.75, 3.05) is 12.4 Å². The van der Waals surface area contributed by atoms with Gasteiger partial charge in [0.15, 0.2) is 9.84 Å². The van der Waals surface area contributed by atoms with Crippen LogP contribution >= 0.6 is 0 Å². The van der Waals surface area contributed by atoms with Crippen molar-refractivity contribution in [3.8, 4) is 11.8 Å². The van der Waals surface area contributed by atoms with Crippen LogP contribution in [0.25, 0.3) is 0 Å². The Bertz CT molecular complexity index is 2020. The monoisotopic (exact) mass is 1030 g/mol. The van der Waals surface area contributed by atoms with Crippen molar-refractivity contribution in [3.05, 3.63) is 155 Å². The summed E-state index contributed by atoms with van der Waals surface area (Å²) >= 11 is 0. The molecular weight excluding hydrogens is 978 g/mol. The summed E-state index contributed by atoms with van der Waals surface area (Å²) in [6.45, 7) is 36.7. The quantitative estimate of drug-likeness (QED) is 0.0508. The number of sulfone groups is 1. The van der Waals surface area contributed by atoms with Crippen molar-refractivity contribution in [3.63, 3.8) is 0 Å². The molecule has 1 N–H and O–H groups in total. The van der Waals surface area contributed by atoms with Crippen LogP contribution in [0.2, 0.25) is 0 Å². The summed E-state index contributed by atoms with van der Waals surface area (Å²) in [6.07, 6.45) is -0.768. The number of aliphatic hydroxyl groups is 1. The molecule has 0 aromatic heterocycles. The maximum absolute atomic E-state index is 13.7. The van der Waals surface area contributed by atoms with Gasteiger partial charge in [0.2, 0.25) is 0 Å². The van der Waals surface area contributed by atoms with Gasteiger partial charge in [-0.25, -0.2) is 8.42 Å². The van der Waals surface area contributed by atoms with Crippen molar-refractivity contribution in [2.45, 2.75) is 101 Å². The Kier molecular flexibility index (Phi) is 43.2. The summed E-state index contributed by atoms with van der Waals surface area (Å²) in [7, 11) is -3.72. The number of carbonyl (C=O) groups is 1. The van der Waals surface area contributed by atoms with Crippen molar-refractivity contribution < 1.29 is 103 Å². The van der Waals surface area contributed by atoms with E-state index in [9.17, 15) is 18.3 Å². The molecule has 0 aliphatic carbocycles. The van der Waals surface area contributed by atoms with Gasteiger partial charge in [0, 0.05) is 53.3 Å². The van der Waals surface area contributed by atoms with Gasteiger partial charge in [-0.3, -0.25) is 4.79 Å². The van der Waals surface area contributed by atoms with E-state index in [1.807, 2.05) is 74.5 Å². The number of aliphatic hydroxyl groups excluding tert-OH is 1. The van der Waals surface area contributed by atoms with Crippen LogP contribution in [0.5, 0.6) is 0 Å². The first-order valence-electron chi connectivity index (χ1n) is 19.6. The number of hydrogen-bond acceptors (Lipinski definition) is 9. The third-order valence-electron chi connectivity index (χ3n) is 10.2. The second-order valence-electron chi connectivity index (χ2n) is 14.0. The van der Waals surface area contributed by atoms with Crippen molar-refractivity contribution >= 4 is 15.8 Å². The van der Waals surface area contributed by atoms with Crippen molar-refractivity contribution in [2.24, 2.45) is 17.8 Å². The van der Waals surface area contributed by atoms with Gasteiger partial charge in [-0.15, -0.1) is 6.58 Å². The Balaban J connectivity index is -0.00000131. The van der Waals surface area contributed by atoms with Crippen LogP contribution in [0.15, 0.2) is 109 Å². The Hall–Kier alpha value is -4.37. The number of ether oxygens (including phenoxy) is 5. The van der Waals surface area contributed by atoms with Gasteiger partial charge >= 0.3 is 73.8 Å². The van der Waals surface area contributed by atoms with E-state index in [1.165, 1.54) is 6.92 Å². The fraction of sp³-hybridized carbons (Fsp3) is 0.408. The maximum atomic E-state index is 13.7. The van der Waals surface area contributed by atoms with Gasteiger partial charge in [-0.05, 0) is 41.5 Å². The number of fused-ring (bicyclic) bond motifs is 1. The normalized spacial score (nSPS) is 19.9. The molecule has 15 nitrogen and oxygen atoms in total. The molecule has 2 aliphatic rings. The molecule has 67 heavy (non-hydrogen) atoms. The molecule has 362 valence electrons. The molecule has 10 atom stereocenters. The average Bonchev–Trinajstić information content (AvgIpc) is 3.54. The number of esters is 1. The Morgan fingerprint density at radius 2 is 1.30 bits per heavy atom. The zero-order valence-corrected chi connectivity index (χ0v) is 39.8. The summed E-state index contributed by atoms with van der Waals surface area (Å²) in [6, 6.07) is 27.9. The minimum atomic E-state index is -3.72. The van der Waals surface area contributed by atoms with E-state index in [-0.39, 0.29) is 81.3 Å². The van der Waals surface area contributed by atoms with Crippen LogP contribution in [0.1, 0.15) is 51.2 Å². The van der Waals surface area contributed by atoms with E-state index < -0.39 is 52.2 Å². The first-order valence-corrected chi connectivity index (χ1v) is 21.3. The van der Waals surface area contributed by atoms with Crippen LogP contribution in [-0.2, 0) is 113 Å². The number of rotatable bonds is 18. The Morgan fingerprint density at radius 1 is 0.806 bits per heavy atom. The van der Waals surface area contributed by atoms with E-state index in [4.69, 9.17) is 51.6 Å². The smallest absolute Gasteiger partial charge is 0 e. The zero-order valence-electron chi connectivity index (χ0n) is 36.9. The number of hydrogen-bond donors (Lipinski definition) is 1. The second kappa shape index (κ2) is 41.8. The molecule has 2 unspecified atom stereocenters. The second-order valence-corrected chi connectivity index (χ2v) is 16.1.